The Labute approximate surface area is 94.6 Å². The van der Waals surface area contributed by atoms with Gasteiger partial charge < -0.3 is 9.47 Å². The summed E-state index contributed by atoms with van der Waals surface area (Å²) in [5, 5.41) is 0. The molecule has 2 unspecified atom stereocenters. The average Bonchev–Trinajstić information content (AvgIpc) is 2.68. The molecule has 0 N–H and O–H groups in total. The Balaban J connectivity index is 2.33. The third-order valence-electron chi connectivity index (χ3n) is 3.44. The number of hydrogen-bond donors (Lipinski definition) is 0. The second-order valence-corrected chi connectivity index (χ2v) is 4.46. The van der Waals surface area contributed by atoms with E-state index in [9.17, 15) is 9.59 Å². The van der Waals surface area contributed by atoms with Crippen molar-refractivity contribution >= 4 is 11.8 Å². The second-order valence-electron chi connectivity index (χ2n) is 4.46. The molecular weight excluding hydrogens is 208 g/mol. The van der Waals surface area contributed by atoms with Gasteiger partial charge in [-0.05, 0) is 32.3 Å². The van der Waals surface area contributed by atoms with Crippen LogP contribution < -0.4 is 0 Å². The van der Waals surface area contributed by atoms with Crippen LogP contribution in [0.3, 0.4) is 0 Å². The van der Waals surface area contributed by atoms with Gasteiger partial charge in [0.05, 0.1) is 7.11 Å². The molecule has 1 fully saturated rings. The zero-order valence-corrected chi connectivity index (χ0v) is 9.62. The SMILES string of the molecule is COC(=O)C12CCCC=C1OC(C(C)=O)C2. The first-order valence-electron chi connectivity index (χ1n) is 5.56. The molecule has 0 amide bonds. The highest BCUT2D eigenvalue weighted by molar-refractivity contribution is 5.86. The van der Waals surface area contributed by atoms with Crippen molar-refractivity contribution in [3.63, 3.8) is 0 Å². The highest BCUT2D eigenvalue weighted by atomic mass is 16.5. The number of ketones is 1. The van der Waals surface area contributed by atoms with E-state index in [4.69, 9.17) is 9.47 Å². The number of allylic oxidation sites excluding steroid dienone is 1. The van der Waals surface area contributed by atoms with E-state index in [1.807, 2.05) is 6.08 Å². The van der Waals surface area contributed by atoms with Gasteiger partial charge in [-0.1, -0.05) is 0 Å². The van der Waals surface area contributed by atoms with Crippen LogP contribution in [-0.4, -0.2) is 25.0 Å². The van der Waals surface area contributed by atoms with Gasteiger partial charge in [-0.25, -0.2) is 0 Å². The molecule has 88 valence electrons. The van der Waals surface area contributed by atoms with E-state index in [1.165, 1.54) is 14.0 Å². The number of methoxy groups -OCH3 is 1. The van der Waals surface area contributed by atoms with Gasteiger partial charge >= 0.3 is 5.97 Å². The lowest BCUT2D eigenvalue weighted by Crippen LogP contribution is -2.33. The fourth-order valence-corrected chi connectivity index (χ4v) is 2.54. The van der Waals surface area contributed by atoms with Gasteiger partial charge in [0.25, 0.3) is 0 Å². The van der Waals surface area contributed by atoms with Crippen LogP contribution in [0.1, 0.15) is 32.6 Å². The van der Waals surface area contributed by atoms with Crippen molar-refractivity contribution in [2.45, 2.75) is 38.7 Å². The molecule has 1 aliphatic carbocycles. The Morgan fingerprint density at radius 3 is 2.94 bits per heavy atom. The van der Waals surface area contributed by atoms with Crippen molar-refractivity contribution < 1.29 is 19.1 Å². The van der Waals surface area contributed by atoms with Crippen LogP contribution in [0.15, 0.2) is 11.8 Å². The number of Topliss-reactive ketones (excluding diaryl/α,β-unsaturated/α-hetero) is 1. The molecule has 0 radical (unpaired) electrons. The van der Waals surface area contributed by atoms with Gasteiger partial charge in [0.2, 0.25) is 0 Å². The largest absolute Gasteiger partial charge is 0.486 e. The molecule has 0 spiro atoms. The Kier molecular flexibility index (Phi) is 2.74. The lowest BCUT2D eigenvalue weighted by Gasteiger charge is -2.27. The van der Waals surface area contributed by atoms with Crippen LogP contribution in [0.2, 0.25) is 0 Å². The van der Waals surface area contributed by atoms with Crippen molar-refractivity contribution in [2.24, 2.45) is 5.41 Å². The summed E-state index contributed by atoms with van der Waals surface area (Å²) in [7, 11) is 1.38. The van der Waals surface area contributed by atoms with Crippen LogP contribution in [-0.2, 0) is 19.1 Å². The molecule has 0 aromatic rings. The topological polar surface area (TPSA) is 52.6 Å². The minimum Gasteiger partial charge on any atom is -0.486 e. The maximum Gasteiger partial charge on any atom is 0.319 e. The lowest BCUT2D eigenvalue weighted by atomic mass is 9.75. The van der Waals surface area contributed by atoms with Crippen LogP contribution in [0.4, 0.5) is 0 Å². The molecule has 4 nitrogen and oxygen atoms in total. The normalized spacial score (nSPS) is 32.4. The summed E-state index contributed by atoms with van der Waals surface area (Å²) >= 11 is 0. The van der Waals surface area contributed by atoms with Gasteiger partial charge in [-0.15, -0.1) is 0 Å². The molecule has 0 bridgehead atoms. The fourth-order valence-electron chi connectivity index (χ4n) is 2.54. The third-order valence-corrected chi connectivity index (χ3v) is 3.44. The standard InChI is InChI=1S/C12H16O4/c1-8(13)9-7-12(11(14)15-2)6-4-3-5-10(12)16-9/h5,9H,3-4,6-7H2,1-2H3. The highest BCUT2D eigenvalue weighted by Crippen LogP contribution is 2.49. The van der Waals surface area contributed by atoms with Crippen molar-refractivity contribution in [1.82, 2.24) is 0 Å². The Morgan fingerprint density at radius 2 is 2.31 bits per heavy atom. The number of hydrogen-bond acceptors (Lipinski definition) is 4. The van der Waals surface area contributed by atoms with Crippen LogP contribution >= 0.6 is 0 Å². The molecule has 2 atom stereocenters. The first-order chi connectivity index (χ1) is 7.60. The maximum atomic E-state index is 11.9. The predicted octanol–water partition coefficient (Wildman–Crippen LogP) is 1.59. The molecule has 2 aliphatic rings. The van der Waals surface area contributed by atoms with E-state index in [1.54, 1.807) is 0 Å². The van der Waals surface area contributed by atoms with Crippen LogP contribution in [0.25, 0.3) is 0 Å². The molecule has 0 aromatic heterocycles. The second kappa shape index (κ2) is 3.92. The van der Waals surface area contributed by atoms with Gasteiger partial charge in [0.1, 0.15) is 11.2 Å². The van der Waals surface area contributed by atoms with E-state index in [2.05, 4.69) is 0 Å². The first kappa shape index (κ1) is 11.2. The summed E-state index contributed by atoms with van der Waals surface area (Å²) in [5.74, 6) is 0.339. The molecule has 16 heavy (non-hydrogen) atoms. The van der Waals surface area contributed by atoms with Gasteiger partial charge in [-0.3, -0.25) is 9.59 Å². The predicted molar refractivity (Wildman–Crippen MR) is 56.6 cm³/mol. The van der Waals surface area contributed by atoms with E-state index in [0.717, 1.165) is 19.3 Å². The fraction of sp³-hybridized carbons (Fsp3) is 0.667. The summed E-state index contributed by atoms with van der Waals surface area (Å²) in [5.41, 5.74) is -0.691. The number of esters is 1. The molecule has 4 heteroatoms. The summed E-state index contributed by atoms with van der Waals surface area (Å²) in [6.45, 7) is 1.49. The maximum absolute atomic E-state index is 11.9. The first-order valence-corrected chi connectivity index (χ1v) is 5.56. The zero-order valence-electron chi connectivity index (χ0n) is 9.62. The Hall–Kier alpha value is -1.32. The monoisotopic (exact) mass is 224 g/mol. The van der Waals surface area contributed by atoms with Gasteiger partial charge in [0, 0.05) is 6.42 Å². The molecule has 0 aromatic carbocycles. The van der Waals surface area contributed by atoms with Crippen LogP contribution in [0.5, 0.6) is 0 Å². The number of carbonyl (C=O) groups is 2. The quantitative estimate of drug-likeness (QED) is 0.668. The number of ether oxygens (including phenoxy) is 2. The minimum absolute atomic E-state index is 0.0291. The molecule has 0 saturated carbocycles. The molecule has 2 rings (SSSR count). The summed E-state index contributed by atoms with van der Waals surface area (Å²) in [6.07, 6.45) is 4.42. The number of carbonyl (C=O) groups excluding carboxylic acids is 2. The van der Waals surface area contributed by atoms with Crippen molar-refractivity contribution in [2.75, 3.05) is 7.11 Å². The lowest BCUT2D eigenvalue weighted by molar-refractivity contribution is -0.151. The summed E-state index contributed by atoms with van der Waals surface area (Å²) in [4.78, 5) is 23.2. The third kappa shape index (κ3) is 1.52. The minimum atomic E-state index is -0.691. The van der Waals surface area contributed by atoms with E-state index < -0.39 is 11.5 Å². The Bertz CT molecular complexity index is 358. The molecule has 1 heterocycles. The van der Waals surface area contributed by atoms with E-state index in [0.29, 0.717) is 12.2 Å². The smallest absolute Gasteiger partial charge is 0.319 e. The van der Waals surface area contributed by atoms with Gasteiger partial charge in [-0.2, -0.15) is 0 Å². The molecular formula is C12H16O4. The van der Waals surface area contributed by atoms with E-state index in [-0.39, 0.29) is 11.8 Å². The van der Waals surface area contributed by atoms with Crippen molar-refractivity contribution in [3.8, 4) is 0 Å². The molecule has 1 aliphatic heterocycles. The average molecular weight is 224 g/mol. The number of fused-ring (bicyclic) bond motifs is 1. The summed E-state index contributed by atoms with van der Waals surface area (Å²) in [6, 6.07) is 0. The zero-order chi connectivity index (χ0) is 11.8. The Morgan fingerprint density at radius 1 is 1.56 bits per heavy atom. The molecule has 1 saturated heterocycles. The van der Waals surface area contributed by atoms with Crippen molar-refractivity contribution in [1.29, 1.82) is 0 Å². The number of rotatable bonds is 2. The highest BCUT2D eigenvalue weighted by Gasteiger charge is 2.53. The van der Waals surface area contributed by atoms with E-state index >= 15 is 0 Å². The van der Waals surface area contributed by atoms with Gasteiger partial charge in [0.15, 0.2) is 11.9 Å². The van der Waals surface area contributed by atoms with Crippen molar-refractivity contribution in [3.05, 3.63) is 11.8 Å². The summed E-state index contributed by atoms with van der Waals surface area (Å²) < 4.78 is 10.4. The van der Waals surface area contributed by atoms with Crippen LogP contribution in [0, 0.1) is 5.41 Å².